The van der Waals surface area contributed by atoms with Gasteiger partial charge in [-0.25, -0.2) is 22.0 Å². The van der Waals surface area contributed by atoms with Gasteiger partial charge in [-0.3, -0.25) is 0 Å². The van der Waals surface area contributed by atoms with Gasteiger partial charge in [-0.1, -0.05) is 6.07 Å². The smallest absolute Gasteiger partial charge is 0.159 e. The quantitative estimate of drug-likeness (QED) is 0.555. The molecule has 0 spiro atoms. The van der Waals surface area contributed by atoms with Crippen LogP contribution in [0.15, 0.2) is 30.3 Å². The molecule has 1 unspecified atom stereocenters. The van der Waals surface area contributed by atoms with Crippen LogP contribution in [0.4, 0.5) is 22.0 Å². The highest BCUT2D eigenvalue weighted by Gasteiger charge is 2.22. The van der Waals surface area contributed by atoms with Crippen molar-refractivity contribution in [3.8, 4) is 0 Å². The van der Waals surface area contributed by atoms with Gasteiger partial charge in [0.2, 0.25) is 0 Å². The fourth-order valence-corrected chi connectivity index (χ4v) is 1.98. The summed E-state index contributed by atoms with van der Waals surface area (Å²) in [6.07, 6.45) is 0. The van der Waals surface area contributed by atoms with Gasteiger partial charge in [-0.15, -0.1) is 11.6 Å². The third kappa shape index (κ3) is 2.71. The summed E-state index contributed by atoms with van der Waals surface area (Å²) in [5.41, 5.74) is -0.654. The van der Waals surface area contributed by atoms with Gasteiger partial charge in [0, 0.05) is 17.7 Å². The van der Waals surface area contributed by atoms with E-state index in [1.54, 1.807) is 0 Å². The summed E-state index contributed by atoms with van der Waals surface area (Å²) < 4.78 is 65.5. The lowest BCUT2D eigenvalue weighted by atomic mass is 10.0. The Bertz CT molecular complexity index is 603. The van der Waals surface area contributed by atoms with Crippen LogP contribution in [-0.4, -0.2) is 0 Å². The molecule has 2 aromatic rings. The molecule has 0 saturated carbocycles. The second-order valence-corrected chi connectivity index (χ2v) is 4.26. The first kappa shape index (κ1) is 13.8. The Morgan fingerprint density at radius 2 is 1.32 bits per heavy atom. The van der Waals surface area contributed by atoms with Crippen LogP contribution in [0, 0.1) is 29.1 Å². The van der Waals surface area contributed by atoms with Gasteiger partial charge in [-0.05, 0) is 17.7 Å². The average Bonchev–Trinajstić information content (AvgIpc) is 2.31. The van der Waals surface area contributed by atoms with Crippen LogP contribution in [0.3, 0.4) is 0 Å². The summed E-state index contributed by atoms with van der Waals surface area (Å²) in [5.74, 6) is -5.77. The maximum atomic E-state index is 13.5. The predicted molar refractivity (Wildman–Crippen MR) is 60.4 cm³/mol. The Morgan fingerprint density at radius 1 is 0.737 bits per heavy atom. The van der Waals surface area contributed by atoms with E-state index in [9.17, 15) is 22.0 Å². The first-order valence-electron chi connectivity index (χ1n) is 5.13. The summed E-state index contributed by atoms with van der Waals surface area (Å²) >= 11 is 5.83. The van der Waals surface area contributed by atoms with Crippen LogP contribution in [0.1, 0.15) is 16.5 Å². The highest BCUT2D eigenvalue weighted by molar-refractivity contribution is 6.22. The molecule has 0 aliphatic heterocycles. The molecular formula is C13H6ClF5. The second-order valence-electron chi connectivity index (χ2n) is 3.82. The molecule has 0 aromatic heterocycles. The Labute approximate surface area is 110 Å². The van der Waals surface area contributed by atoms with Crippen molar-refractivity contribution >= 4 is 11.6 Å². The molecule has 0 amide bonds. The van der Waals surface area contributed by atoms with Crippen molar-refractivity contribution in [1.82, 2.24) is 0 Å². The minimum Gasteiger partial charge on any atom is -0.207 e. The van der Waals surface area contributed by atoms with Crippen molar-refractivity contribution in [2.45, 2.75) is 5.38 Å². The molecule has 2 aromatic carbocycles. The van der Waals surface area contributed by atoms with Crippen molar-refractivity contribution < 1.29 is 22.0 Å². The van der Waals surface area contributed by atoms with Crippen LogP contribution in [0.2, 0.25) is 0 Å². The Kier molecular flexibility index (Phi) is 3.75. The number of hydrogen-bond acceptors (Lipinski definition) is 0. The lowest BCUT2D eigenvalue weighted by molar-refractivity contribution is 0.505. The predicted octanol–water partition coefficient (Wildman–Crippen LogP) is 4.71. The zero-order valence-corrected chi connectivity index (χ0v) is 9.99. The molecule has 0 radical (unpaired) electrons. The van der Waals surface area contributed by atoms with Gasteiger partial charge in [0.05, 0.1) is 5.38 Å². The zero-order chi connectivity index (χ0) is 14.2. The maximum absolute atomic E-state index is 13.5. The van der Waals surface area contributed by atoms with Crippen LogP contribution in [0.25, 0.3) is 0 Å². The summed E-state index contributed by atoms with van der Waals surface area (Å²) in [5, 5.41) is -1.39. The topological polar surface area (TPSA) is 0 Å². The van der Waals surface area contributed by atoms with Gasteiger partial charge in [-0.2, -0.15) is 0 Å². The molecular weight excluding hydrogens is 287 g/mol. The van der Waals surface area contributed by atoms with Crippen molar-refractivity contribution in [2.75, 3.05) is 0 Å². The number of halogens is 6. The maximum Gasteiger partial charge on any atom is 0.159 e. The molecule has 0 nitrogen and oxygen atoms in total. The average molecular weight is 293 g/mol. The molecule has 100 valence electrons. The minimum absolute atomic E-state index is 0.0371. The van der Waals surface area contributed by atoms with E-state index in [0.717, 1.165) is 18.2 Å². The highest BCUT2D eigenvalue weighted by Crippen LogP contribution is 2.33. The van der Waals surface area contributed by atoms with Crippen LogP contribution >= 0.6 is 11.6 Å². The van der Waals surface area contributed by atoms with E-state index in [1.165, 1.54) is 0 Å². The van der Waals surface area contributed by atoms with E-state index in [2.05, 4.69) is 0 Å². The Morgan fingerprint density at radius 3 is 1.84 bits per heavy atom. The lowest BCUT2D eigenvalue weighted by Crippen LogP contribution is -2.03. The minimum atomic E-state index is -1.39. The first-order valence-corrected chi connectivity index (χ1v) is 5.57. The third-order valence-electron chi connectivity index (χ3n) is 2.53. The van der Waals surface area contributed by atoms with E-state index in [4.69, 9.17) is 11.6 Å². The van der Waals surface area contributed by atoms with Crippen LogP contribution < -0.4 is 0 Å². The molecule has 0 bridgehead atoms. The first-order chi connectivity index (χ1) is 8.90. The number of alkyl halides is 1. The molecule has 2 rings (SSSR count). The fraction of sp³-hybridized carbons (Fsp3) is 0.0769. The molecule has 0 heterocycles. The molecule has 1 atom stereocenters. The van der Waals surface area contributed by atoms with Gasteiger partial charge in [0.1, 0.15) is 17.5 Å². The molecule has 0 aliphatic rings. The van der Waals surface area contributed by atoms with Crippen LogP contribution in [0.5, 0.6) is 0 Å². The summed E-state index contributed by atoms with van der Waals surface area (Å²) in [6, 6.07) is 3.55. The fourth-order valence-electron chi connectivity index (χ4n) is 1.63. The van der Waals surface area contributed by atoms with Crippen molar-refractivity contribution in [3.05, 3.63) is 70.5 Å². The largest absolute Gasteiger partial charge is 0.207 e. The molecule has 19 heavy (non-hydrogen) atoms. The summed E-state index contributed by atoms with van der Waals surface area (Å²) in [6.45, 7) is 0. The Hall–Kier alpha value is -1.62. The van der Waals surface area contributed by atoms with Crippen molar-refractivity contribution in [3.63, 3.8) is 0 Å². The summed E-state index contributed by atoms with van der Waals surface area (Å²) in [4.78, 5) is 0. The van der Waals surface area contributed by atoms with Gasteiger partial charge < -0.3 is 0 Å². The summed E-state index contributed by atoms with van der Waals surface area (Å²) in [7, 11) is 0. The van der Waals surface area contributed by atoms with E-state index >= 15 is 0 Å². The molecule has 6 heteroatoms. The Balaban J connectivity index is 2.49. The highest BCUT2D eigenvalue weighted by atomic mass is 35.5. The lowest BCUT2D eigenvalue weighted by Gasteiger charge is -2.12. The molecule has 0 fully saturated rings. The number of hydrogen-bond donors (Lipinski definition) is 0. The van der Waals surface area contributed by atoms with E-state index < -0.39 is 40.0 Å². The number of benzene rings is 2. The van der Waals surface area contributed by atoms with Gasteiger partial charge in [0.25, 0.3) is 0 Å². The molecule has 0 saturated heterocycles. The molecule has 0 N–H and O–H groups in total. The zero-order valence-electron chi connectivity index (χ0n) is 9.23. The van der Waals surface area contributed by atoms with Crippen LogP contribution in [-0.2, 0) is 0 Å². The number of rotatable bonds is 2. The monoisotopic (exact) mass is 292 g/mol. The van der Waals surface area contributed by atoms with E-state index in [1.807, 2.05) is 0 Å². The van der Waals surface area contributed by atoms with E-state index in [0.29, 0.717) is 12.1 Å². The van der Waals surface area contributed by atoms with Crippen molar-refractivity contribution in [2.24, 2.45) is 0 Å². The standard InChI is InChI=1S/C13H6ClF5/c14-13(6-1-2-8(16)9(17)3-6)12-10(18)4-7(15)5-11(12)19/h1-5,13H. The SMILES string of the molecule is Fc1cc(F)c(C(Cl)c2ccc(F)c(F)c2)c(F)c1. The van der Waals surface area contributed by atoms with Crippen molar-refractivity contribution in [1.29, 1.82) is 0 Å². The van der Waals surface area contributed by atoms with E-state index in [-0.39, 0.29) is 5.56 Å². The molecule has 0 aliphatic carbocycles. The van der Waals surface area contributed by atoms with Gasteiger partial charge >= 0.3 is 0 Å². The second kappa shape index (κ2) is 5.17. The normalized spacial score (nSPS) is 12.5. The third-order valence-corrected chi connectivity index (χ3v) is 3.00. The van der Waals surface area contributed by atoms with Gasteiger partial charge in [0.15, 0.2) is 11.6 Å².